The van der Waals surface area contributed by atoms with Crippen LogP contribution in [-0.4, -0.2) is 30.4 Å². The molecule has 0 spiro atoms. The first-order valence-electron chi connectivity index (χ1n) is 16.3. The monoisotopic (exact) mass is 714 g/mol. The molecule has 0 atom stereocenters. The van der Waals surface area contributed by atoms with Crippen molar-refractivity contribution >= 4 is 11.8 Å². The fourth-order valence-electron chi connectivity index (χ4n) is 5.30. The summed E-state index contributed by atoms with van der Waals surface area (Å²) in [4.78, 5) is 28.8. The lowest BCUT2D eigenvalue weighted by Gasteiger charge is -2.21. The number of aromatic nitrogens is 1. The van der Waals surface area contributed by atoms with Gasteiger partial charge < -0.3 is 33.5 Å². The maximum atomic E-state index is 13.9. The summed E-state index contributed by atoms with van der Waals surface area (Å²) in [6, 6.07) is 19.9. The van der Waals surface area contributed by atoms with E-state index in [1.54, 1.807) is 49.6 Å². The summed E-state index contributed by atoms with van der Waals surface area (Å²) in [5.74, 6) is 0.375. The van der Waals surface area contributed by atoms with Gasteiger partial charge in [0.05, 0.1) is 13.7 Å². The molecule has 3 rings (SSSR count). The SMILES string of the molecule is CCCCCCCCCCCCCCOc1cc(C(=O)N(Cc2cccc[n+]2CC)C(=O)c2ccccc2)ccc1OC.[I-]. The Hall–Kier alpha value is -2.94. The van der Waals surface area contributed by atoms with Crippen LogP contribution >= 0.6 is 0 Å². The fraction of sp³-hybridized carbons (Fsp3) is 0.486. The molecule has 0 saturated heterocycles. The minimum Gasteiger partial charge on any atom is -1.00 e. The molecule has 0 aliphatic rings. The van der Waals surface area contributed by atoms with Gasteiger partial charge in [0, 0.05) is 23.3 Å². The van der Waals surface area contributed by atoms with Crippen LogP contribution in [0, 0.1) is 0 Å². The number of hydrogen-bond acceptors (Lipinski definition) is 4. The average molecular weight is 715 g/mol. The van der Waals surface area contributed by atoms with Gasteiger partial charge >= 0.3 is 0 Å². The molecule has 2 aromatic carbocycles. The number of pyridine rings is 1. The van der Waals surface area contributed by atoms with Crippen molar-refractivity contribution in [3.05, 3.63) is 89.7 Å². The number of ether oxygens (including phenoxy) is 2. The van der Waals surface area contributed by atoms with Crippen LogP contribution in [0.4, 0.5) is 0 Å². The quantitative estimate of drug-likeness (QED) is 0.0666. The number of halogens is 1. The number of amides is 2. The average Bonchev–Trinajstić information content (AvgIpc) is 3.05. The summed E-state index contributed by atoms with van der Waals surface area (Å²) >= 11 is 0. The smallest absolute Gasteiger partial charge is 0.261 e. The third-order valence-electron chi connectivity index (χ3n) is 7.87. The molecular weight excluding hydrogens is 663 g/mol. The standard InChI is InChI=1S/C37H51N2O4.HI/c1-4-6-7-8-9-10-11-12-13-14-15-21-28-43-35-29-32(25-26-34(35)42-3)37(41)39(36(40)31-22-17-16-18-23-31)30-33-24-19-20-27-38(33)5-2;/h16-20,22-27,29H,4-15,21,28,30H2,1-3H3;1H/q+1;/p-1. The van der Waals surface area contributed by atoms with Crippen LogP contribution in [0.15, 0.2) is 72.9 Å². The van der Waals surface area contributed by atoms with Gasteiger partial charge in [-0.15, -0.1) is 0 Å². The summed E-state index contributed by atoms with van der Waals surface area (Å²) in [6.45, 7) is 5.75. The molecule has 6 nitrogen and oxygen atoms in total. The van der Waals surface area contributed by atoms with Gasteiger partial charge in [-0.3, -0.25) is 14.5 Å². The number of nitrogens with zero attached hydrogens (tertiary/aromatic N) is 2. The van der Waals surface area contributed by atoms with Crippen molar-refractivity contribution in [2.24, 2.45) is 0 Å². The Morgan fingerprint density at radius 2 is 1.27 bits per heavy atom. The van der Waals surface area contributed by atoms with Crippen molar-refractivity contribution in [1.29, 1.82) is 0 Å². The van der Waals surface area contributed by atoms with Crippen LogP contribution < -0.4 is 38.0 Å². The van der Waals surface area contributed by atoms with Crippen molar-refractivity contribution in [3.63, 3.8) is 0 Å². The number of hydrogen-bond donors (Lipinski definition) is 0. The zero-order chi connectivity index (χ0) is 30.7. The first-order valence-corrected chi connectivity index (χ1v) is 16.3. The van der Waals surface area contributed by atoms with Crippen molar-refractivity contribution in [2.45, 2.75) is 104 Å². The van der Waals surface area contributed by atoms with Crippen molar-refractivity contribution < 1.29 is 47.6 Å². The van der Waals surface area contributed by atoms with Crippen LogP contribution in [0.5, 0.6) is 11.5 Å². The Kier molecular flexibility index (Phi) is 18.4. The second-order valence-corrected chi connectivity index (χ2v) is 11.1. The number of methoxy groups -OCH3 is 1. The van der Waals surface area contributed by atoms with E-state index in [0.29, 0.717) is 29.2 Å². The topological polar surface area (TPSA) is 59.7 Å². The molecule has 0 fully saturated rings. The normalized spacial score (nSPS) is 10.6. The number of aryl methyl sites for hydroxylation is 1. The van der Waals surface area contributed by atoms with Gasteiger partial charge in [0.2, 0.25) is 5.69 Å². The molecule has 0 unspecified atom stereocenters. The summed E-state index contributed by atoms with van der Waals surface area (Å²) < 4.78 is 13.7. The molecule has 7 heteroatoms. The highest BCUT2D eigenvalue weighted by atomic mass is 127. The number of rotatable bonds is 20. The van der Waals surface area contributed by atoms with Crippen LogP contribution in [0.25, 0.3) is 0 Å². The highest BCUT2D eigenvalue weighted by Crippen LogP contribution is 2.29. The molecule has 3 aromatic rings. The Morgan fingerprint density at radius 1 is 0.682 bits per heavy atom. The number of imide groups is 1. The van der Waals surface area contributed by atoms with Gasteiger partial charge in [0.15, 0.2) is 17.7 Å². The molecule has 1 aromatic heterocycles. The largest absolute Gasteiger partial charge is 1.00 e. The molecule has 0 radical (unpaired) electrons. The van der Waals surface area contributed by atoms with E-state index in [0.717, 1.165) is 25.1 Å². The van der Waals surface area contributed by atoms with Crippen molar-refractivity contribution in [2.75, 3.05) is 13.7 Å². The molecule has 240 valence electrons. The van der Waals surface area contributed by atoms with E-state index < -0.39 is 0 Å². The molecule has 0 bridgehead atoms. The second kappa shape index (κ2) is 21.7. The first-order chi connectivity index (χ1) is 21.1. The highest BCUT2D eigenvalue weighted by Gasteiger charge is 2.28. The summed E-state index contributed by atoms with van der Waals surface area (Å²) in [7, 11) is 1.59. The molecule has 44 heavy (non-hydrogen) atoms. The van der Waals surface area contributed by atoms with Crippen LogP contribution in [0.3, 0.4) is 0 Å². The summed E-state index contributed by atoms with van der Waals surface area (Å²) in [5.41, 5.74) is 1.72. The lowest BCUT2D eigenvalue weighted by atomic mass is 10.1. The molecule has 0 saturated carbocycles. The van der Waals surface area contributed by atoms with Gasteiger partial charge in [-0.1, -0.05) is 102 Å². The van der Waals surface area contributed by atoms with E-state index >= 15 is 0 Å². The van der Waals surface area contributed by atoms with E-state index in [1.807, 2.05) is 42.0 Å². The van der Waals surface area contributed by atoms with E-state index in [-0.39, 0.29) is 42.3 Å². The molecular formula is C37H51IN2O4. The molecule has 1 heterocycles. The third kappa shape index (κ3) is 12.2. The Bertz CT molecular complexity index is 1250. The van der Waals surface area contributed by atoms with Crippen LogP contribution in [0.1, 0.15) is 117 Å². The minimum absolute atomic E-state index is 0. The van der Waals surface area contributed by atoms with Gasteiger partial charge in [-0.05, 0) is 43.7 Å². The second-order valence-electron chi connectivity index (χ2n) is 11.1. The zero-order valence-electron chi connectivity index (χ0n) is 26.9. The van der Waals surface area contributed by atoms with E-state index in [2.05, 4.69) is 6.92 Å². The molecule has 0 aliphatic heterocycles. The lowest BCUT2D eigenvalue weighted by Crippen LogP contribution is -3.00. The summed E-state index contributed by atoms with van der Waals surface area (Å²) in [6.07, 6.45) is 17.3. The summed E-state index contributed by atoms with van der Waals surface area (Å²) in [5, 5.41) is 0. The van der Waals surface area contributed by atoms with Gasteiger partial charge in [0.25, 0.3) is 11.8 Å². The fourth-order valence-corrected chi connectivity index (χ4v) is 5.30. The van der Waals surface area contributed by atoms with Gasteiger partial charge in [-0.25, -0.2) is 4.57 Å². The molecule has 0 aliphatic carbocycles. The Labute approximate surface area is 282 Å². The first kappa shape index (κ1) is 37.2. The molecule has 0 N–H and O–H groups in total. The maximum Gasteiger partial charge on any atom is 0.261 e. The van der Waals surface area contributed by atoms with Crippen LogP contribution in [0.2, 0.25) is 0 Å². The van der Waals surface area contributed by atoms with Crippen LogP contribution in [-0.2, 0) is 13.1 Å². The number of carbonyl (C=O) groups excluding carboxylic acids is 2. The lowest BCUT2D eigenvalue weighted by molar-refractivity contribution is -0.701. The minimum atomic E-state index is -0.377. The Morgan fingerprint density at radius 3 is 1.89 bits per heavy atom. The number of carbonyl (C=O) groups is 2. The Balaban J connectivity index is 0.00000675. The van der Waals surface area contributed by atoms with Gasteiger partial charge in [-0.2, -0.15) is 0 Å². The predicted molar refractivity (Wildman–Crippen MR) is 173 cm³/mol. The molecule has 2 amide bonds. The van der Waals surface area contributed by atoms with Crippen molar-refractivity contribution in [1.82, 2.24) is 4.90 Å². The number of benzene rings is 2. The predicted octanol–water partition coefficient (Wildman–Crippen LogP) is 5.57. The van der Waals surface area contributed by atoms with E-state index in [4.69, 9.17) is 9.47 Å². The zero-order valence-corrected chi connectivity index (χ0v) is 29.1. The maximum absolute atomic E-state index is 13.9. The third-order valence-corrected chi connectivity index (χ3v) is 7.87. The highest BCUT2D eigenvalue weighted by molar-refractivity contribution is 6.10. The number of unbranched alkanes of at least 4 members (excludes halogenated alkanes) is 11. The van der Waals surface area contributed by atoms with Crippen molar-refractivity contribution in [3.8, 4) is 11.5 Å². The van der Waals surface area contributed by atoms with E-state index in [9.17, 15) is 9.59 Å². The van der Waals surface area contributed by atoms with E-state index in [1.165, 1.54) is 69.1 Å². The van der Waals surface area contributed by atoms with Gasteiger partial charge in [0.1, 0.15) is 13.1 Å².